The Balaban J connectivity index is 1.66. The minimum Gasteiger partial charge on any atom is -0.339 e. The van der Waals surface area contributed by atoms with Crippen molar-refractivity contribution in [3.05, 3.63) is 58.6 Å². The Bertz CT molecular complexity index is 1020. The van der Waals surface area contributed by atoms with Crippen molar-refractivity contribution < 1.29 is 4.79 Å². The van der Waals surface area contributed by atoms with Gasteiger partial charge in [-0.05, 0) is 37.1 Å². The molecule has 1 aliphatic carbocycles. The van der Waals surface area contributed by atoms with E-state index in [1.165, 1.54) is 6.42 Å². The summed E-state index contributed by atoms with van der Waals surface area (Å²) in [6.07, 6.45) is 5.38. The minimum atomic E-state index is 0.0859. The maximum atomic E-state index is 12.8. The lowest BCUT2D eigenvalue weighted by Gasteiger charge is -2.21. The van der Waals surface area contributed by atoms with Gasteiger partial charge in [-0.2, -0.15) is 0 Å². The second kappa shape index (κ2) is 8.38. The summed E-state index contributed by atoms with van der Waals surface area (Å²) >= 11 is 12.3. The molecule has 0 aliphatic heterocycles. The third-order valence-corrected chi connectivity index (χ3v) is 5.69. The van der Waals surface area contributed by atoms with Gasteiger partial charge in [0, 0.05) is 22.4 Å². The molecular weight excluding hydrogens is 393 g/mol. The van der Waals surface area contributed by atoms with Crippen LogP contribution in [-0.2, 0) is 4.79 Å². The molecule has 0 atom stereocenters. The molecule has 1 amide bonds. The Morgan fingerprint density at radius 1 is 0.964 bits per heavy atom. The number of hydrogen-bond acceptors (Lipinski definition) is 3. The van der Waals surface area contributed by atoms with Crippen molar-refractivity contribution in [3.8, 4) is 0 Å². The normalized spacial score (nSPS) is 14.8. The van der Waals surface area contributed by atoms with Crippen LogP contribution < -0.4 is 10.6 Å². The third kappa shape index (κ3) is 4.23. The van der Waals surface area contributed by atoms with Gasteiger partial charge < -0.3 is 10.6 Å². The molecule has 2 N–H and O–H groups in total. The summed E-state index contributed by atoms with van der Waals surface area (Å²) in [5.41, 5.74) is 2.27. The predicted octanol–water partition coefficient (Wildman–Crippen LogP) is 6.80. The number of hydrogen-bond donors (Lipinski definition) is 2. The minimum absolute atomic E-state index is 0.0859. The fourth-order valence-electron chi connectivity index (χ4n) is 3.67. The predicted molar refractivity (Wildman–Crippen MR) is 117 cm³/mol. The number of amides is 1. The molecular formula is C22H21Cl2N3O. The number of carbonyl (C=O) groups is 1. The SMILES string of the molecule is O=C(Nc1cc(Nc2ccc(Cl)cc2Cl)nc2ccccc12)C1CCCCC1. The number of nitrogens with one attached hydrogen (secondary N) is 2. The van der Waals surface area contributed by atoms with E-state index in [2.05, 4.69) is 15.6 Å². The Labute approximate surface area is 174 Å². The second-order valence-electron chi connectivity index (χ2n) is 7.15. The van der Waals surface area contributed by atoms with Gasteiger partial charge in [0.05, 0.1) is 21.9 Å². The third-order valence-electron chi connectivity index (χ3n) is 5.14. The molecule has 1 aliphatic rings. The Kier molecular flexibility index (Phi) is 5.69. The zero-order valence-corrected chi connectivity index (χ0v) is 16.9. The van der Waals surface area contributed by atoms with Crippen LogP contribution in [0.25, 0.3) is 10.9 Å². The average Bonchev–Trinajstić information content (AvgIpc) is 2.71. The number of halogens is 2. The van der Waals surface area contributed by atoms with E-state index in [1.807, 2.05) is 36.4 Å². The zero-order chi connectivity index (χ0) is 19.5. The first-order chi connectivity index (χ1) is 13.6. The van der Waals surface area contributed by atoms with Crippen LogP contribution in [0.5, 0.6) is 0 Å². The highest BCUT2D eigenvalue weighted by Crippen LogP contribution is 2.32. The number of nitrogens with zero attached hydrogens (tertiary/aromatic N) is 1. The highest BCUT2D eigenvalue weighted by Gasteiger charge is 2.22. The van der Waals surface area contributed by atoms with Crippen LogP contribution in [0.4, 0.5) is 17.2 Å². The smallest absolute Gasteiger partial charge is 0.227 e. The van der Waals surface area contributed by atoms with Crippen molar-refractivity contribution in [2.75, 3.05) is 10.6 Å². The zero-order valence-electron chi connectivity index (χ0n) is 15.3. The number of rotatable bonds is 4. The van der Waals surface area contributed by atoms with Crippen molar-refractivity contribution in [1.82, 2.24) is 4.98 Å². The maximum absolute atomic E-state index is 12.8. The molecule has 4 nitrogen and oxygen atoms in total. The van der Waals surface area contributed by atoms with Crippen molar-refractivity contribution in [3.63, 3.8) is 0 Å². The topological polar surface area (TPSA) is 54.0 Å². The van der Waals surface area contributed by atoms with E-state index in [0.29, 0.717) is 21.6 Å². The summed E-state index contributed by atoms with van der Waals surface area (Å²) in [6, 6.07) is 14.9. The van der Waals surface area contributed by atoms with Gasteiger partial charge in [-0.3, -0.25) is 4.79 Å². The number of aromatic nitrogens is 1. The Morgan fingerprint density at radius 2 is 1.75 bits per heavy atom. The highest BCUT2D eigenvalue weighted by molar-refractivity contribution is 6.36. The van der Waals surface area contributed by atoms with Gasteiger partial charge in [-0.1, -0.05) is 60.7 Å². The molecule has 1 aromatic heterocycles. The van der Waals surface area contributed by atoms with Gasteiger partial charge in [0.1, 0.15) is 5.82 Å². The summed E-state index contributed by atoms with van der Waals surface area (Å²) in [4.78, 5) is 17.4. The molecule has 28 heavy (non-hydrogen) atoms. The monoisotopic (exact) mass is 413 g/mol. The standard InChI is InChI=1S/C22H21Cl2N3O/c23-15-10-11-19(17(24)12-15)26-21-13-20(16-8-4-5-9-18(16)25-21)27-22(28)14-6-2-1-3-7-14/h4-5,8-14H,1-3,6-7H2,(H2,25,26,27,28). The number of para-hydroxylation sites is 1. The van der Waals surface area contributed by atoms with Gasteiger partial charge in [0.2, 0.25) is 5.91 Å². The van der Waals surface area contributed by atoms with Gasteiger partial charge in [0.15, 0.2) is 0 Å². The molecule has 144 valence electrons. The molecule has 1 saturated carbocycles. The van der Waals surface area contributed by atoms with Crippen LogP contribution in [0.1, 0.15) is 32.1 Å². The van der Waals surface area contributed by atoms with E-state index in [-0.39, 0.29) is 11.8 Å². The quantitative estimate of drug-likeness (QED) is 0.493. The first-order valence-electron chi connectivity index (χ1n) is 9.53. The fourth-order valence-corrected chi connectivity index (χ4v) is 4.13. The average molecular weight is 414 g/mol. The van der Waals surface area contributed by atoms with E-state index in [1.54, 1.807) is 12.1 Å². The Hall–Kier alpha value is -2.30. The number of benzene rings is 2. The molecule has 3 aromatic rings. The van der Waals surface area contributed by atoms with Crippen molar-refractivity contribution >= 4 is 57.2 Å². The summed E-state index contributed by atoms with van der Waals surface area (Å²) in [5, 5.41) is 8.36. The second-order valence-corrected chi connectivity index (χ2v) is 7.99. The van der Waals surface area contributed by atoms with Crippen molar-refractivity contribution in [2.24, 2.45) is 5.92 Å². The van der Waals surface area contributed by atoms with Crippen LogP contribution in [-0.4, -0.2) is 10.9 Å². The number of fused-ring (bicyclic) bond motifs is 1. The van der Waals surface area contributed by atoms with Gasteiger partial charge in [0.25, 0.3) is 0 Å². The lowest BCUT2D eigenvalue weighted by atomic mass is 9.88. The fraction of sp³-hybridized carbons (Fsp3) is 0.273. The van der Waals surface area contributed by atoms with E-state index < -0.39 is 0 Å². The van der Waals surface area contributed by atoms with Crippen LogP contribution in [0, 0.1) is 5.92 Å². The van der Waals surface area contributed by atoms with Crippen molar-refractivity contribution in [2.45, 2.75) is 32.1 Å². The number of anilines is 3. The lowest BCUT2D eigenvalue weighted by molar-refractivity contribution is -0.120. The Morgan fingerprint density at radius 3 is 2.54 bits per heavy atom. The number of pyridine rings is 1. The van der Waals surface area contributed by atoms with Crippen LogP contribution in [0.15, 0.2) is 48.5 Å². The van der Waals surface area contributed by atoms with Gasteiger partial charge in [-0.15, -0.1) is 0 Å². The first-order valence-corrected chi connectivity index (χ1v) is 10.3. The molecule has 2 aromatic carbocycles. The van der Waals surface area contributed by atoms with Crippen LogP contribution >= 0.6 is 23.2 Å². The van der Waals surface area contributed by atoms with E-state index >= 15 is 0 Å². The van der Waals surface area contributed by atoms with E-state index in [4.69, 9.17) is 23.2 Å². The maximum Gasteiger partial charge on any atom is 0.227 e. The van der Waals surface area contributed by atoms with Gasteiger partial charge in [-0.25, -0.2) is 4.98 Å². The summed E-state index contributed by atoms with van der Waals surface area (Å²) in [7, 11) is 0. The highest BCUT2D eigenvalue weighted by atomic mass is 35.5. The molecule has 1 fully saturated rings. The molecule has 4 rings (SSSR count). The number of carbonyl (C=O) groups excluding carboxylic acids is 1. The molecule has 0 unspecified atom stereocenters. The summed E-state index contributed by atoms with van der Waals surface area (Å²) in [5.74, 6) is 0.788. The first kappa shape index (κ1) is 19.0. The van der Waals surface area contributed by atoms with E-state index in [9.17, 15) is 4.79 Å². The molecule has 1 heterocycles. The molecule has 0 radical (unpaired) electrons. The molecule has 0 spiro atoms. The van der Waals surface area contributed by atoms with E-state index in [0.717, 1.165) is 42.3 Å². The van der Waals surface area contributed by atoms with Crippen molar-refractivity contribution in [1.29, 1.82) is 0 Å². The molecule has 6 heteroatoms. The largest absolute Gasteiger partial charge is 0.339 e. The summed E-state index contributed by atoms with van der Waals surface area (Å²) < 4.78 is 0. The van der Waals surface area contributed by atoms with Crippen LogP contribution in [0.3, 0.4) is 0 Å². The lowest BCUT2D eigenvalue weighted by Crippen LogP contribution is -2.24. The molecule has 0 saturated heterocycles. The summed E-state index contributed by atoms with van der Waals surface area (Å²) in [6.45, 7) is 0. The van der Waals surface area contributed by atoms with Gasteiger partial charge >= 0.3 is 0 Å². The molecule has 0 bridgehead atoms. The van der Waals surface area contributed by atoms with Crippen LogP contribution in [0.2, 0.25) is 10.0 Å².